The van der Waals surface area contributed by atoms with Crippen LogP contribution in [0.1, 0.15) is 38.5 Å². The fourth-order valence-electron chi connectivity index (χ4n) is 1.81. The molecule has 1 aliphatic rings. The smallest absolute Gasteiger partial charge is 0.223 e. The van der Waals surface area contributed by atoms with Crippen LogP contribution in [0, 0.1) is 0 Å². The molecule has 0 aromatic carbocycles. The summed E-state index contributed by atoms with van der Waals surface area (Å²) in [6, 6.07) is 0. The number of hydrogen-bond acceptors (Lipinski definition) is 1. The number of hydrogen-bond donors (Lipinski definition) is 2. The first-order chi connectivity index (χ1) is 6.79. The van der Waals surface area contributed by atoms with Crippen molar-refractivity contribution in [3.63, 3.8) is 0 Å². The van der Waals surface area contributed by atoms with Gasteiger partial charge in [0.05, 0.1) is 19.5 Å². The van der Waals surface area contributed by atoms with Crippen molar-refractivity contribution in [1.29, 1.82) is 0 Å². The maximum atomic E-state index is 10.5. The number of rotatable bonds is 6. The molecule has 0 radical (unpaired) electrons. The zero-order valence-corrected chi connectivity index (χ0v) is 8.80. The van der Waals surface area contributed by atoms with Crippen molar-refractivity contribution in [3.8, 4) is 0 Å². The second kappa shape index (κ2) is 6.60. The number of amides is 1. The van der Waals surface area contributed by atoms with Crippen LogP contribution in [0.4, 0.5) is 0 Å². The molecule has 1 rings (SSSR count). The molecular formula is C11H21N2O+. The highest BCUT2D eigenvalue weighted by Crippen LogP contribution is 2.18. The molecule has 0 aliphatic heterocycles. The molecule has 80 valence electrons. The second-order valence-electron chi connectivity index (χ2n) is 3.94. The summed E-state index contributed by atoms with van der Waals surface area (Å²) in [5, 5.41) is 2.18. The number of nitrogens with two attached hydrogens (primary N) is 2. The summed E-state index contributed by atoms with van der Waals surface area (Å²) >= 11 is 0. The summed E-state index contributed by atoms with van der Waals surface area (Å²) in [4.78, 5) is 10.5. The van der Waals surface area contributed by atoms with Crippen LogP contribution in [-0.4, -0.2) is 19.0 Å². The van der Waals surface area contributed by atoms with Gasteiger partial charge in [0.25, 0.3) is 0 Å². The molecule has 0 unspecified atom stereocenters. The molecule has 3 heteroatoms. The summed E-state index contributed by atoms with van der Waals surface area (Å²) in [7, 11) is 0. The lowest BCUT2D eigenvalue weighted by Crippen LogP contribution is -2.84. The van der Waals surface area contributed by atoms with Crippen molar-refractivity contribution in [1.82, 2.24) is 0 Å². The normalized spacial score (nSPS) is 16.4. The fourth-order valence-corrected chi connectivity index (χ4v) is 1.81. The highest BCUT2D eigenvalue weighted by Gasteiger charge is 2.04. The molecule has 4 N–H and O–H groups in total. The van der Waals surface area contributed by atoms with E-state index in [1.54, 1.807) is 5.57 Å². The average Bonchev–Trinajstić information content (AvgIpc) is 2.18. The molecule has 0 spiro atoms. The minimum Gasteiger partial charge on any atom is -0.369 e. The van der Waals surface area contributed by atoms with Crippen molar-refractivity contribution in [2.75, 3.05) is 13.1 Å². The molecule has 0 aromatic heterocycles. The van der Waals surface area contributed by atoms with Gasteiger partial charge in [0, 0.05) is 6.42 Å². The number of carbonyl (C=O) groups excluding carboxylic acids is 1. The van der Waals surface area contributed by atoms with Gasteiger partial charge >= 0.3 is 0 Å². The number of carbonyl (C=O) groups is 1. The standard InChI is InChI=1S/C11H20N2O/c12-11(14)7-9-13-8-6-10-4-2-1-3-5-10/h4,13H,1-3,5-9H2,(H2,12,14)/p+1. The topological polar surface area (TPSA) is 59.7 Å². The molecule has 0 saturated carbocycles. The molecule has 3 nitrogen and oxygen atoms in total. The molecule has 14 heavy (non-hydrogen) atoms. The van der Waals surface area contributed by atoms with Crippen molar-refractivity contribution in [3.05, 3.63) is 11.6 Å². The van der Waals surface area contributed by atoms with Gasteiger partial charge in [-0.05, 0) is 25.7 Å². The van der Waals surface area contributed by atoms with Gasteiger partial charge < -0.3 is 11.1 Å². The van der Waals surface area contributed by atoms with E-state index >= 15 is 0 Å². The summed E-state index contributed by atoms with van der Waals surface area (Å²) in [5.74, 6) is -0.196. The Morgan fingerprint density at radius 3 is 2.93 bits per heavy atom. The SMILES string of the molecule is NC(=O)CC[NH2+]CCC1=CCCCC1. The Bertz CT molecular complexity index is 211. The minimum atomic E-state index is -0.196. The maximum absolute atomic E-state index is 10.5. The van der Waals surface area contributed by atoms with Gasteiger partial charge in [0.1, 0.15) is 0 Å². The zero-order chi connectivity index (χ0) is 10.2. The summed E-state index contributed by atoms with van der Waals surface area (Å²) in [5.41, 5.74) is 6.65. The molecule has 0 heterocycles. The van der Waals surface area contributed by atoms with Gasteiger partial charge in [-0.2, -0.15) is 0 Å². The first-order valence-electron chi connectivity index (χ1n) is 5.57. The Hall–Kier alpha value is -0.830. The summed E-state index contributed by atoms with van der Waals surface area (Å²) < 4.78 is 0. The fraction of sp³-hybridized carbons (Fsp3) is 0.727. The maximum Gasteiger partial charge on any atom is 0.223 e. The summed E-state index contributed by atoms with van der Waals surface area (Å²) in [6.07, 6.45) is 9.31. The van der Waals surface area contributed by atoms with Crippen molar-refractivity contribution < 1.29 is 10.1 Å². The lowest BCUT2D eigenvalue weighted by molar-refractivity contribution is -0.653. The Balaban J connectivity index is 1.98. The van der Waals surface area contributed by atoms with Crippen molar-refractivity contribution >= 4 is 5.91 Å². The van der Waals surface area contributed by atoms with Crippen LogP contribution < -0.4 is 11.1 Å². The highest BCUT2D eigenvalue weighted by atomic mass is 16.1. The summed E-state index contributed by atoms with van der Waals surface area (Å²) in [6.45, 7) is 1.93. The Labute approximate surface area is 85.7 Å². The lowest BCUT2D eigenvalue weighted by atomic mass is 9.97. The first-order valence-corrected chi connectivity index (χ1v) is 5.57. The molecule has 0 bridgehead atoms. The minimum absolute atomic E-state index is 0.196. The molecule has 1 aliphatic carbocycles. The van der Waals surface area contributed by atoms with Gasteiger partial charge in [-0.3, -0.25) is 4.79 Å². The van der Waals surface area contributed by atoms with E-state index in [2.05, 4.69) is 11.4 Å². The highest BCUT2D eigenvalue weighted by molar-refractivity contribution is 5.73. The average molecular weight is 197 g/mol. The number of primary amides is 1. The van der Waals surface area contributed by atoms with Crippen molar-refractivity contribution in [2.45, 2.75) is 38.5 Å². The third-order valence-electron chi connectivity index (χ3n) is 2.65. The van der Waals surface area contributed by atoms with Crippen LogP contribution >= 0.6 is 0 Å². The molecule has 0 atom stereocenters. The molecular weight excluding hydrogens is 176 g/mol. The van der Waals surface area contributed by atoms with E-state index in [1.165, 1.54) is 32.1 Å². The molecule has 1 amide bonds. The Morgan fingerprint density at radius 2 is 2.29 bits per heavy atom. The van der Waals surface area contributed by atoms with E-state index in [-0.39, 0.29) is 5.91 Å². The lowest BCUT2D eigenvalue weighted by Gasteiger charge is -2.11. The number of allylic oxidation sites excluding steroid dienone is 1. The van der Waals surface area contributed by atoms with Crippen LogP contribution in [0.2, 0.25) is 0 Å². The van der Waals surface area contributed by atoms with E-state index in [1.807, 2.05) is 0 Å². The van der Waals surface area contributed by atoms with Gasteiger partial charge in [-0.1, -0.05) is 11.6 Å². The van der Waals surface area contributed by atoms with Crippen LogP contribution in [-0.2, 0) is 4.79 Å². The van der Waals surface area contributed by atoms with Crippen LogP contribution in [0.15, 0.2) is 11.6 Å². The largest absolute Gasteiger partial charge is 0.369 e. The van der Waals surface area contributed by atoms with Crippen LogP contribution in [0.3, 0.4) is 0 Å². The van der Waals surface area contributed by atoms with Gasteiger partial charge in [-0.25, -0.2) is 0 Å². The first kappa shape index (κ1) is 11.2. The van der Waals surface area contributed by atoms with Crippen LogP contribution in [0.5, 0.6) is 0 Å². The van der Waals surface area contributed by atoms with Crippen molar-refractivity contribution in [2.24, 2.45) is 5.73 Å². The third kappa shape index (κ3) is 5.02. The van der Waals surface area contributed by atoms with Gasteiger partial charge in [-0.15, -0.1) is 0 Å². The van der Waals surface area contributed by atoms with E-state index in [0.29, 0.717) is 6.42 Å². The van der Waals surface area contributed by atoms with E-state index < -0.39 is 0 Å². The monoisotopic (exact) mass is 197 g/mol. The molecule has 0 saturated heterocycles. The molecule has 0 aromatic rings. The second-order valence-corrected chi connectivity index (χ2v) is 3.94. The Morgan fingerprint density at radius 1 is 1.43 bits per heavy atom. The third-order valence-corrected chi connectivity index (χ3v) is 2.65. The van der Waals surface area contributed by atoms with Crippen LogP contribution in [0.25, 0.3) is 0 Å². The molecule has 0 fully saturated rings. The predicted octanol–water partition coefficient (Wildman–Crippen LogP) is 0.316. The van der Waals surface area contributed by atoms with E-state index in [0.717, 1.165) is 13.1 Å². The van der Waals surface area contributed by atoms with E-state index in [4.69, 9.17) is 5.73 Å². The van der Waals surface area contributed by atoms with E-state index in [9.17, 15) is 4.79 Å². The Kier molecular flexibility index (Phi) is 5.30. The zero-order valence-electron chi connectivity index (χ0n) is 8.80. The van der Waals surface area contributed by atoms with Gasteiger partial charge in [0.2, 0.25) is 5.91 Å². The van der Waals surface area contributed by atoms with Gasteiger partial charge in [0.15, 0.2) is 0 Å². The number of quaternary nitrogens is 1. The predicted molar refractivity (Wildman–Crippen MR) is 56.6 cm³/mol. The quantitative estimate of drug-likeness (QED) is 0.467.